The molecular formula is C31H45BN3P. The van der Waals surface area contributed by atoms with Crippen LogP contribution in [0.25, 0.3) is 0 Å². The number of hydrogen-bond acceptors (Lipinski definition) is 3. The fourth-order valence-corrected chi connectivity index (χ4v) is 5.88. The van der Waals surface area contributed by atoms with Crippen LogP contribution < -0.4 is 9.62 Å². The van der Waals surface area contributed by atoms with E-state index >= 15 is 0 Å². The van der Waals surface area contributed by atoms with E-state index in [9.17, 15) is 0 Å². The summed E-state index contributed by atoms with van der Waals surface area (Å²) in [4.78, 5) is 9.73. The maximum absolute atomic E-state index is 4.76. The van der Waals surface area contributed by atoms with Crippen LogP contribution in [-0.4, -0.2) is 17.8 Å². The second kappa shape index (κ2) is 11.4. The molecule has 3 nitrogen and oxygen atoms in total. The van der Waals surface area contributed by atoms with E-state index < -0.39 is 0 Å². The van der Waals surface area contributed by atoms with E-state index in [1.54, 1.807) is 0 Å². The van der Waals surface area contributed by atoms with Gasteiger partial charge in [-0.15, -0.1) is 0 Å². The Hall–Kier alpha value is -2.28. The molecule has 0 amide bonds. The van der Waals surface area contributed by atoms with E-state index in [0.717, 1.165) is 8.08 Å². The highest BCUT2D eigenvalue weighted by Crippen LogP contribution is 2.43. The zero-order valence-electron chi connectivity index (χ0n) is 24.3. The first kappa shape index (κ1) is 28.3. The van der Waals surface area contributed by atoms with Crippen molar-refractivity contribution in [3.8, 4) is 0 Å². The lowest BCUT2D eigenvalue weighted by atomic mass is 9.87. The molecular weight excluding hydrogens is 456 g/mol. The predicted molar refractivity (Wildman–Crippen MR) is 163 cm³/mol. The van der Waals surface area contributed by atoms with E-state index in [-0.39, 0.29) is 12.2 Å². The first-order valence-electron chi connectivity index (χ1n) is 13.5. The first-order chi connectivity index (χ1) is 16.8. The molecule has 3 rings (SSSR count). The predicted octanol–water partition coefficient (Wildman–Crippen LogP) is 9.61. The maximum atomic E-state index is 4.76. The van der Waals surface area contributed by atoms with Crippen LogP contribution in [0.1, 0.15) is 122 Å². The first-order valence-corrected chi connectivity index (χ1v) is 14.5. The van der Waals surface area contributed by atoms with E-state index in [0.29, 0.717) is 23.7 Å². The Balaban J connectivity index is 2.29. The Morgan fingerprint density at radius 2 is 1.00 bits per heavy atom. The minimum Gasteiger partial charge on any atom is -0.362 e. The summed E-state index contributed by atoms with van der Waals surface area (Å²) in [5.74, 6) is 1.72. The molecule has 0 aliphatic carbocycles. The van der Waals surface area contributed by atoms with Crippen LogP contribution in [0.5, 0.6) is 0 Å². The van der Waals surface area contributed by atoms with Crippen LogP contribution >= 0.6 is 8.08 Å². The largest absolute Gasteiger partial charge is 0.455 e. The molecule has 1 aliphatic rings. The molecule has 2 aromatic carbocycles. The highest BCUT2D eigenvalue weighted by atomic mass is 31.1. The molecule has 0 fully saturated rings. The molecule has 0 spiro atoms. The Morgan fingerprint density at radius 1 is 0.667 bits per heavy atom. The molecule has 0 N–H and O–H groups in total. The lowest BCUT2D eigenvalue weighted by molar-refractivity contribution is 0.588. The molecule has 0 radical (unpaired) electrons. The number of nitrogens with zero attached hydrogens (tertiary/aromatic N) is 3. The van der Waals surface area contributed by atoms with Crippen molar-refractivity contribution in [1.29, 1.82) is 0 Å². The summed E-state index contributed by atoms with van der Waals surface area (Å²) in [7, 11) is 1.04. The standard InChI is InChI=1S/C31H45BN3P/c1-21(2)25-14-12-15-26(22(3)4)29(25)34-18-19-35(32(34)36-20-33-31(9,10)11)30-27(23(5)6)16-13-17-28(30)24(7)8/h12-19,21-24H,1-11H3. The molecule has 0 atom stereocenters. The minimum atomic E-state index is -0.146. The average molecular weight is 502 g/mol. The highest BCUT2D eigenvalue weighted by molar-refractivity contribution is 7.76. The van der Waals surface area contributed by atoms with E-state index in [1.807, 2.05) is 0 Å². The second-order valence-electron chi connectivity index (χ2n) is 12.2. The van der Waals surface area contributed by atoms with Gasteiger partial charge in [0.15, 0.2) is 0 Å². The molecule has 0 aromatic heterocycles. The fourth-order valence-electron chi connectivity index (χ4n) is 4.79. The Bertz CT molecular complexity index is 1020. The summed E-state index contributed by atoms with van der Waals surface area (Å²) in [6.45, 7) is 24.8. The third-order valence-electron chi connectivity index (χ3n) is 6.65. The fraction of sp³-hybridized carbons (Fsp3) is 0.516. The van der Waals surface area contributed by atoms with Gasteiger partial charge < -0.3 is 9.62 Å². The van der Waals surface area contributed by atoms with Gasteiger partial charge >= 0.3 is 6.70 Å². The van der Waals surface area contributed by atoms with Crippen LogP contribution in [0, 0.1) is 0 Å². The quantitative estimate of drug-likeness (QED) is 0.214. The van der Waals surface area contributed by atoms with Crippen molar-refractivity contribution in [3.63, 3.8) is 0 Å². The lowest BCUT2D eigenvalue weighted by Crippen LogP contribution is -2.41. The Morgan fingerprint density at radius 3 is 1.28 bits per heavy atom. The molecule has 1 heterocycles. The van der Waals surface area contributed by atoms with Crippen molar-refractivity contribution in [1.82, 2.24) is 0 Å². The van der Waals surface area contributed by atoms with Gasteiger partial charge in [-0.3, -0.25) is 0 Å². The monoisotopic (exact) mass is 501 g/mol. The topological polar surface area (TPSA) is 18.8 Å². The molecule has 192 valence electrons. The summed E-state index contributed by atoms with van der Waals surface area (Å²) in [5, 5.41) is 0. The van der Waals surface area contributed by atoms with Gasteiger partial charge in [-0.05, 0) is 74.8 Å². The summed E-state index contributed by atoms with van der Waals surface area (Å²) in [5.41, 5.74) is 11.5. The molecule has 1 aliphatic heterocycles. The van der Waals surface area contributed by atoms with Crippen molar-refractivity contribution in [2.45, 2.75) is 105 Å². The van der Waals surface area contributed by atoms with Gasteiger partial charge in [-0.25, -0.2) is 4.99 Å². The van der Waals surface area contributed by atoms with Gasteiger partial charge in [0.25, 0.3) is 0 Å². The average Bonchev–Trinajstić information content (AvgIpc) is 3.19. The van der Waals surface area contributed by atoms with Crippen molar-refractivity contribution < 1.29 is 0 Å². The van der Waals surface area contributed by atoms with Crippen LogP contribution in [0.2, 0.25) is 0 Å². The molecule has 0 bridgehead atoms. The minimum absolute atomic E-state index is 0.0471. The van der Waals surface area contributed by atoms with Gasteiger partial charge in [0.1, 0.15) is 0 Å². The summed E-state index contributed by atoms with van der Waals surface area (Å²) in [6.07, 6.45) is 4.56. The second-order valence-corrected chi connectivity index (χ2v) is 13.1. The maximum Gasteiger partial charge on any atom is 0.455 e. The van der Waals surface area contributed by atoms with Crippen LogP contribution in [0.4, 0.5) is 11.4 Å². The number of anilines is 2. The molecule has 2 aromatic rings. The normalized spacial score (nSPS) is 14.2. The summed E-state index contributed by atoms with van der Waals surface area (Å²) in [6, 6.07) is 13.6. The summed E-state index contributed by atoms with van der Waals surface area (Å²) < 4.78 is 0. The van der Waals surface area contributed by atoms with Gasteiger partial charge in [0.2, 0.25) is 0 Å². The number of hydrogen-bond donors (Lipinski definition) is 0. The van der Waals surface area contributed by atoms with Gasteiger partial charge in [-0.2, -0.15) is 0 Å². The molecule has 0 saturated carbocycles. The van der Waals surface area contributed by atoms with Crippen molar-refractivity contribution in [2.75, 3.05) is 9.62 Å². The third kappa shape index (κ3) is 6.16. The lowest BCUT2D eigenvalue weighted by Gasteiger charge is -2.33. The van der Waals surface area contributed by atoms with Crippen molar-refractivity contribution in [2.24, 2.45) is 4.99 Å². The number of rotatable bonds is 7. The van der Waals surface area contributed by atoms with E-state index in [2.05, 4.69) is 140 Å². The van der Waals surface area contributed by atoms with E-state index in [1.165, 1.54) is 33.6 Å². The number of benzene rings is 2. The van der Waals surface area contributed by atoms with Gasteiger partial charge in [0, 0.05) is 29.4 Å². The van der Waals surface area contributed by atoms with Crippen LogP contribution in [-0.2, 0) is 0 Å². The molecule has 5 heteroatoms. The Kier molecular flexibility index (Phi) is 8.97. The number of aliphatic imine (C=N–C) groups is 1. The molecule has 0 unspecified atom stereocenters. The van der Waals surface area contributed by atoms with Gasteiger partial charge in [-0.1, -0.05) is 91.8 Å². The van der Waals surface area contributed by atoms with Crippen molar-refractivity contribution >= 4 is 31.7 Å². The van der Waals surface area contributed by atoms with Crippen LogP contribution in [0.15, 0.2) is 53.8 Å². The SMILES string of the molecule is CC(C)c1cccc(C(C)C)c1N1C=CN(c2c(C(C)C)cccc2C(C)C)B1P=C=NC(C)(C)C. The highest BCUT2D eigenvalue weighted by Gasteiger charge is 2.38. The van der Waals surface area contributed by atoms with Gasteiger partial charge in [0.05, 0.1) is 5.54 Å². The Labute approximate surface area is 222 Å². The third-order valence-corrected chi connectivity index (χ3v) is 7.59. The smallest absolute Gasteiger partial charge is 0.362 e. The van der Waals surface area contributed by atoms with Crippen molar-refractivity contribution in [3.05, 3.63) is 71.1 Å². The number of para-hydroxylation sites is 2. The van der Waals surface area contributed by atoms with Crippen LogP contribution in [0.3, 0.4) is 0 Å². The van der Waals surface area contributed by atoms with E-state index in [4.69, 9.17) is 4.99 Å². The molecule has 36 heavy (non-hydrogen) atoms. The zero-order valence-corrected chi connectivity index (χ0v) is 25.2. The zero-order chi connectivity index (χ0) is 26.8. The molecule has 0 saturated heterocycles. The summed E-state index contributed by atoms with van der Waals surface area (Å²) >= 11 is 0.